The Morgan fingerprint density at radius 3 is 2.81 bits per heavy atom. The number of thiophene rings is 1. The fourth-order valence-corrected chi connectivity index (χ4v) is 2.14. The van der Waals surface area contributed by atoms with Crippen molar-refractivity contribution < 1.29 is 0 Å². The smallest absolute Gasteiger partial charge is 0.139 e. The molecule has 5 heteroatoms. The highest BCUT2D eigenvalue weighted by molar-refractivity contribution is 7.08. The minimum atomic E-state index is 0.294. The summed E-state index contributed by atoms with van der Waals surface area (Å²) < 4.78 is 0. The fraction of sp³-hybridized carbons (Fsp3) is 0.273. The van der Waals surface area contributed by atoms with Crippen molar-refractivity contribution in [3.8, 4) is 0 Å². The standard InChI is InChI=1S/C11H14N4S/c1-7(2)9-10(12)13-6-14-11(9)15-8-3-4-16-5-8/h3-7H,1-2H3,(H3,12,13,14,15). The van der Waals surface area contributed by atoms with Crippen LogP contribution in [0.4, 0.5) is 17.3 Å². The molecule has 0 bridgehead atoms. The average molecular weight is 234 g/mol. The van der Waals surface area contributed by atoms with Crippen LogP contribution in [0, 0.1) is 0 Å². The van der Waals surface area contributed by atoms with Gasteiger partial charge in [-0.3, -0.25) is 0 Å². The van der Waals surface area contributed by atoms with E-state index in [-0.39, 0.29) is 0 Å². The van der Waals surface area contributed by atoms with Gasteiger partial charge in [-0.1, -0.05) is 13.8 Å². The Morgan fingerprint density at radius 2 is 2.19 bits per heavy atom. The highest BCUT2D eigenvalue weighted by Crippen LogP contribution is 2.28. The molecule has 0 saturated carbocycles. The first-order chi connectivity index (χ1) is 7.68. The number of aromatic nitrogens is 2. The molecule has 0 aliphatic rings. The maximum absolute atomic E-state index is 5.86. The zero-order chi connectivity index (χ0) is 11.5. The number of nitrogens with zero attached hydrogens (tertiary/aromatic N) is 2. The molecule has 0 aromatic carbocycles. The van der Waals surface area contributed by atoms with Crippen molar-refractivity contribution in [3.05, 3.63) is 28.7 Å². The third-order valence-electron chi connectivity index (χ3n) is 2.28. The van der Waals surface area contributed by atoms with Gasteiger partial charge in [-0.15, -0.1) is 0 Å². The Bertz CT molecular complexity index is 465. The molecule has 0 aliphatic carbocycles. The van der Waals surface area contributed by atoms with Gasteiger partial charge in [0.25, 0.3) is 0 Å². The maximum Gasteiger partial charge on any atom is 0.139 e. The van der Waals surface area contributed by atoms with E-state index in [1.807, 2.05) is 16.8 Å². The van der Waals surface area contributed by atoms with Crippen LogP contribution >= 0.6 is 11.3 Å². The van der Waals surface area contributed by atoms with Gasteiger partial charge in [0.2, 0.25) is 0 Å². The van der Waals surface area contributed by atoms with Gasteiger partial charge in [0, 0.05) is 10.9 Å². The Hall–Kier alpha value is -1.62. The molecule has 2 heterocycles. The van der Waals surface area contributed by atoms with Crippen molar-refractivity contribution in [2.75, 3.05) is 11.1 Å². The van der Waals surface area contributed by atoms with E-state index < -0.39 is 0 Å². The summed E-state index contributed by atoms with van der Waals surface area (Å²) in [6.07, 6.45) is 1.48. The summed E-state index contributed by atoms with van der Waals surface area (Å²) in [5.41, 5.74) is 7.86. The van der Waals surface area contributed by atoms with Gasteiger partial charge in [0.1, 0.15) is 18.0 Å². The highest BCUT2D eigenvalue weighted by Gasteiger charge is 2.12. The van der Waals surface area contributed by atoms with E-state index in [1.165, 1.54) is 6.33 Å². The van der Waals surface area contributed by atoms with Gasteiger partial charge in [0.05, 0.1) is 5.69 Å². The van der Waals surface area contributed by atoms with E-state index in [2.05, 4.69) is 29.1 Å². The topological polar surface area (TPSA) is 63.8 Å². The summed E-state index contributed by atoms with van der Waals surface area (Å²) in [7, 11) is 0. The predicted molar refractivity (Wildman–Crippen MR) is 68.1 cm³/mol. The fourth-order valence-electron chi connectivity index (χ4n) is 1.55. The molecule has 84 valence electrons. The van der Waals surface area contributed by atoms with Crippen LogP contribution in [0.2, 0.25) is 0 Å². The molecule has 0 saturated heterocycles. The SMILES string of the molecule is CC(C)c1c(N)ncnc1Nc1ccsc1. The summed E-state index contributed by atoms with van der Waals surface area (Å²) in [6, 6.07) is 2.01. The van der Waals surface area contributed by atoms with Crippen LogP contribution in [0.1, 0.15) is 25.3 Å². The summed E-state index contributed by atoms with van der Waals surface area (Å²) in [4.78, 5) is 8.26. The third kappa shape index (κ3) is 2.14. The van der Waals surface area contributed by atoms with E-state index in [9.17, 15) is 0 Å². The first-order valence-corrected chi connectivity index (χ1v) is 6.02. The molecular formula is C11H14N4S. The van der Waals surface area contributed by atoms with Crippen LogP contribution in [0.15, 0.2) is 23.2 Å². The van der Waals surface area contributed by atoms with Crippen LogP contribution in [-0.2, 0) is 0 Å². The van der Waals surface area contributed by atoms with Gasteiger partial charge in [-0.25, -0.2) is 9.97 Å². The lowest BCUT2D eigenvalue weighted by atomic mass is 10.0. The molecule has 2 aromatic rings. The van der Waals surface area contributed by atoms with Crippen molar-refractivity contribution >= 4 is 28.7 Å². The van der Waals surface area contributed by atoms with Crippen LogP contribution in [0.5, 0.6) is 0 Å². The first-order valence-electron chi connectivity index (χ1n) is 5.08. The maximum atomic E-state index is 5.86. The quantitative estimate of drug-likeness (QED) is 0.857. The number of nitrogen functional groups attached to an aromatic ring is 1. The van der Waals surface area contributed by atoms with E-state index in [4.69, 9.17) is 5.73 Å². The van der Waals surface area contributed by atoms with Gasteiger partial charge in [0.15, 0.2) is 0 Å². The number of hydrogen-bond acceptors (Lipinski definition) is 5. The monoisotopic (exact) mass is 234 g/mol. The first kappa shape index (κ1) is 10.9. The molecule has 0 spiro atoms. The largest absolute Gasteiger partial charge is 0.383 e. The number of rotatable bonds is 3. The van der Waals surface area contributed by atoms with Crippen molar-refractivity contribution in [3.63, 3.8) is 0 Å². The summed E-state index contributed by atoms with van der Waals surface area (Å²) >= 11 is 1.64. The predicted octanol–water partition coefficient (Wildman–Crippen LogP) is 2.99. The second-order valence-electron chi connectivity index (χ2n) is 3.81. The second kappa shape index (κ2) is 4.49. The van der Waals surface area contributed by atoms with Crippen molar-refractivity contribution in [1.82, 2.24) is 9.97 Å². The van der Waals surface area contributed by atoms with E-state index in [0.717, 1.165) is 17.1 Å². The van der Waals surface area contributed by atoms with Gasteiger partial charge >= 0.3 is 0 Å². The minimum Gasteiger partial charge on any atom is -0.383 e. The van der Waals surface area contributed by atoms with E-state index >= 15 is 0 Å². The summed E-state index contributed by atoms with van der Waals surface area (Å²) in [5, 5.41) is 7.30. The number of hydrogen-bond donors (Lipinski definition) is 2. The molecule has 0 amide bonds. The lowest BCUT2D eigenvalue weighted by Crippen LogP contribution is -2.06. The zero-order valence-corrected chi connectivity index (χ0v) is 10.1. The third-order valence-corrected chi connectivity index (χ3v) is 2.96. The zero-order valence-electron chi connectivity index (χ0n) is 9.27. The van der Waals surface area contributed by atoms with Crippen molar-refractivity contribution in [1.29, 1.82) is 0 Å². The lowest BCUT2D eigenvalue weighted by molar-refractivity contribution is 0.855. The van der Waals surface area contributed by atoms with Crippen LogP contribution in [0.3, 0.4) is 0 Å². The molecule has 0 aliphatic heterocycles. The average Bonchev–Trinajstić information content (AvgIpc) is 2.70. The van der Waals surface area contributed by atoms with Crippen LogP contribution < -0.4 is 11.1 Å². The van der Waals surface area contributed by atoms with Crippen LogP contribution in [0.25, 0.3) is 0 Å². The van der Waals surface area contributed by atoms with E-state index in [1.54, 1.807) is 11.3 Å². The molecule has 4 nitrogen and oxygen atoms in total. The molecule has 0 radical (unpaired) electrons. The lowest BCUT2D eigenvalue weighted by Gasteiger charge is -2.13. The molecule has 0 fully saturated rings. The molecule has 3 N–H and O–H groups in total. The van der Waals surface area contributed by atoms with Gasteiger partial charge < -0.3 is 11.1 Å². The molecule has 0 atom stereocenters. The molecule has 2 rings (SSSR count). The highest BCUT2D eigenvalue weighted by atomic mass is 32.1. The molecular weight excluding hydrogens is 220 g/mol. The van der Waals surface area contributed by atoms with E-state index in [0.29, 0.717) is 11.7 Å². The Morgan fingerprint density at radius 1 is 1.38 bits per heavy atom. The Balaban J connectivity index is 2.37. The minimum absolute atomic E-state index is 0.294. The van der Waals surface area contributed by atoms with Crippen molar-refractivity contribution in [2.45, 2.75) is 19.8 Å². The van der Waals surface area contributed by atoms with Gasteiger partial charge in [-0.05, 0) is 17.4 Å². The molecule has 2 aromatic heterocycles. The second-order valence-corrected chi connectivity index (χ2v) is 4.59. The molecule has 0 unspecified atom stereocenters. The number of anilines is 3. The van der Waals surface area contributed by atoms with Gasteiger partial charge in [-0.2, -0.15) is 11.3 Å². The number of nitrogens with two attached hydrogens (primary N) is 1. The van der Waals surface area contributed by atoms with Crippen molar-refractivity contribution in [2.24, 2.45) is 0 Å². The number of nitrogens with one attached hydrogen (secondary N) is 1. The normalized spacial score (nSPS) is 10.7. The summed E-state index contributed by atoms with van der Waals surface area (Å²) in [6.45, 7) is 4.15. The Labute approximate surface area is 98.6 Å². The van der Waals surface area contributed by atoms with Crippen LogP contribution in [-0.4, -0.2) is 9.97 Å². The Kier molecular flexibility index (Phi) is 3.05. The molecule has 16 heavy (non-hydrogen) atoms. The summed E-state index contributed by atoms with van der Waals surface area (Å²) in [5.74, 6) is 1.63.